The number of anilines is 1. The Morgan fingerprint density at radius 2 is 1.93 bits per heavy atom. The summed E-state index contributed by atoms with van der Waals surface area (Å²) in [6.45, 7) is 0.759. The number of benzene rings is 2. The highest BCUT2D eigenvalue weighted by Gasteiger charge is 2.43. The summed E-state index contributed by atoms with van der Waals surface area (Å²) in [4.78, 5) is 11.9. The third kappa shape index (κ3) is 3.68. The fourth-order valence-corrected chi connectivity index (χ4v) is 5.03. The molecule has 0 bridgehead atoms. The molecule has 2 aliphatic rings. The fraction of sp³-hybridized carbons (Fsp3) is 0.348. The molecule has 2 aromatic carbocycles. The number of nitrogens with one attached hydrogen (secondary N) is 1. The van der Waals surface area contributed by atoms with Gasteiger partial charge in [-0.05, 0) is 74.7 Å². The van der Waals surface area contributed by atoms with Gasteiger partial charge in [0.05, 0.1) is 11.3 Å². The third-order valence-electron chi connectivity index (χ3n) is 5.70. The van der Waals surface area contributed by atoms with E-state index in [0.29, 0.717) is 34.3 Å². The van der Waals surface area contributed by atoms with Crippen molar-refractivity contribution in [2.45, 2.75) is 18.8 Å². The van der Waals surface area contributed by atoms with Gasteiger partial charge in [0.25, 0.3) is 0 Å². The van der Waals surface area contributed by atoms with E-state index in [2.05, 4.69) is 5.32 Å². The summed E-state index contributed by atoms with van der Waals surface area (Å²) in [5.41, 5.74) is 3.81. The normalized spacial score (nSPS) is 20.5. The molecule has 5 rings (SSSR count). The summed E-state index contributed by atoms with van der Waals surface area (Å²) in [6, 6.07) is 9.85. The predicted octanol–water partition coefficient (Wildman–Crippen LogP) is 4.49. The number of fused-ring (bicyclic) bond motifs is 4. The minimum atomic E-state index is -1.12. The summed E-state index contributed by atoms with van der Waals surface area (Å²) in [5, 5.41) is 3.51. The highest BCUT2D eigenvalue weighted by molar-refractivity contribution is 7.85. The van der Waals surface area contributed by atoms with Crippen LogP contribution in [0.4, 0.5) is 10.1 Å². The summed E-state index contributed by atoms with van der Waals surface area (Å²) < 4.78 is 33.5. The lowest BCUT2D eigenvalue weighted by Gasteiger charge is -2.22. The molecule has 7 heteroatoms. The Labute approximate surface area is 177 Å². The van der Waals surface area contributed by atoms with Gasteiger partial charge in [-0.25, -0.2) is 8.60 Å². The molecule has 3 aromatic rings. The van der Waals surface area contributed by atoms with Crippen molar-refractivity contribution in [2.24, 2.45) is 5.92 Å². The zero-order valence-corrected chi connectivity index (χ0v) is 18.1. The monoisotopic (exact) mass is 428 g/mol. The van der Waals surface area contributed by atoms with Gasteiger partial charge in [-0.2, -0.15) is 0 Å². The molecule has 1 aromatic heterocycles. The zero-order valence-electron chi connectivity index (χ0n) is 17.3. The van der Waals surface area contributed by atoms with Gasteiger partial charge < -0.3 is 9.73 Å². The van der Waals surface area contributed by atoms with Crippen LogP contribution in [0, 0.1) is 11.7 Å². The van der Waals surface area contributed by atoms with Crippen LogP contribution >= 0.6 is 0 Å². The molecule has 2 heterocycles. The first-order valence-electron chi connectivity index (χ1n) is 9.99. The minimum Gasteiger partial charge on any atom is -0.455 e. The molecule has 1 fully saturated rings. The Bertz CT molecular complexity index is 1110. The second-order valence-electron chi connectivity index (χ2n) is 7.79. The van der Waals surface area contributed by atoms with E-state index in [1.807, 2.05) is 30.5 Å². The van der Waals surface area contributed by atoms with E-state index in [4.69, 9.17) is 4.42 Å². The van der Waals surface area contributed by atoms with Crippen molar-refractivity contribution in [3.05, 3.63) is 53.3 Å². The molecule has 0 amide bonds. The molecule has 158 valence electrons. The van der Waals surface area contributed by atoms with Crippen LogP contribution in [0.15, 0.2) is 40.8 Å². The number of hydrogen-bond donors (Lipinski definition) is 1. The van der Waals surface area contributed by atoms with E-state index < -0.39 is 11.0 Å². The quantitative estimate of drug-likeness (QED) is 0.624. The smallest absolute Gasteiger partial charge is 0.154 e. The standard InChI is InChI=1S/C21H18FNO3S.C2H7N/c1-27(25)23-7-6-13-8-15(13)16-9-17-18(11-24)21(26-20(17)10-19(16)23)12-2-4-14(22)5-3-12;1-3-2/h2-5,9-11,13,15H,6-8H2,1H3;3H,1-2H3. The fourth-order valence-electron chi connectivity index (χ4n) is 4.23. The lowest BCUT2D eigenvalue weighted by atomic mass is 10.0. The summed E-state index contributed by atoms with van der Waals surface area (Å²) in [6.07, 6.45) is 4.66. The van der Waals surface area contributed by atoms with Gasteiger partial charge in [-0.1, -0.05) is 0 Å². The number of aldehydes is 1. The van der Waals surface area contributed by atoms with E-state index in [1.54, 1.807) is 18.4 Å². The van der Waals surface area contributed by atoms with Crippen LogP contribution in [0.3, 0.4) is 0 Å². The Hall–Kier alpha value is -2.51. The van der Waals surface area contributed by atoms with E-state index in [0.717, 1.165) is 42.3 Å². The van der Waals surface area contributed by atoms with Crippen molar-refractivity contribution in [3.8, 4) is 11.3 Å². The molecule has 1 aliphatic carbocycles. The molecule has 0 spiro atoms. The van der Waals surface area contributed by atoms with Gasteiger partial charge >= 0.3 is 0 Å². The Kier molecular flexibility index (Phi) is 5.75. The Morgan fingerprint density at radius 3 is 2.57 bits per heavy atom. The second-order valence-corrected chi connectivity index (χ2v) is 9.08. The first kappa shape index (κ1) is 20.8. The van der Waals surface area contributed by atoms with Crippen LogP contribution in [0.2, 0.25) is 0 Å². The molecule has 3 atom stereocenters. The maximum atomic E-state index is 13.3. The third-order valence-corrected chi connectivity index (χ3v) is 6.70. The van der Waals surface area contributed by atoms with Gasteiger partial charge in [0.15, 0.2) is 6.29 Å². The molecule has 1 saturated carbocycles. The number of rotatable bonds is 3. The van der Waals surface area contributed by atoms with Crippen LogP contribution in [-0.2, 0) is 11.0 Å². The largest absolute Gasteiger partial charge is 0.455 e. The van der Waals surface area contributed by atoms with Crippen LogP contribution < -0.4 is 9.62 Å². The lowest BCUT2D eigenvalue weighted by Crippen LogP contribution is -2.26. The van der Waals surface area contributed by atoms with Gasteiger partial charge in [0.2, 0.25) is 0 Å². The van der Waals surface area contributed by atoms with E-state index in [1.165, 1.54) is 12.1 Å². The molecule has 3 unspecified atom stereocenters. The van der Waals surface area contributed by atoms with Gasteiger partial charge in [0, 0.05) is 29.8 Å². The van der Waals surface area contributed by atoms with Gasteiger partial charge in [-0.15, -0.1) is 0 Å². The first-order valence-corrected chi connectivity index (χ1v) is 11.5. The number of carbonyl (C=O) groups is 1. The molecular formula is C23H25FN2O3S. The molecule has 30 heavy (non-hydrogen) atoms. The van der Waals surface area contributed by atoms with E-state index in [9.17, 15) is 13.4 Å². The molecular weight excluding hydrogens is 403 g/mol. The second kappa shape index (κ2) is 8.32. The zero-order chi connectivity index (χ0) is 21.4. The Balaban J connectivity index is 0.000000687. The van der Waals surface area contributed by atoms with E-state index >= 15 is 0 Å². The number of furan rings is 1. The molecule has 1 aliphatic heterocycles. The van der Waals surface area contributed by atoms with Crippen LogP contribution in [0.25, 0.3) is 22.3 Å². The van der Waals surface area contributed by atoms with E-state index in [-0.39, 0.29) is 5.82 Å². The number of hydrogen-bond acceptors (Lipinski definition) is 4. The maximum Gasteiger partial charge on any atom is 0.154 e. The number of nitrogens with zero attached hydrogens (tertiary/aromatic N) is 1. The van der Waals surface area contributed by atoms with Crippen LogP contribution in [0.1, 0.15) is 34.7 Å². The van der Waals surface area contributed by atoms with Gasteiger partial charge in [0.1, 0.15) is 28.1 Å². The highest BCUT2D eigenvalue weighted by atomic mass is 32.2. The average Bonchev–Trinajstić information content (AvgIpc) is 3.42. The predicted molar refractivity (Wildman–Crippen MR) is 119 cm³/mol. The lowest BCUT2D eigenvalue weighted by molar-refractivity contribution is 0.112. The highest BCUT2D eigenvalue weighted by Crippen LogP contribution is 2.55. The molecule has 1 N–H and O–H groups in total. The van der Waals surface area contributed by atoms with Crippen molar-refractivity contribution in [3.63, 3.8) is 0 Å². The van der Waals surface area contributed by atoms with Crippen molar-refractivity contribution in [2.75, 3.05) is 31.2 Å². The SMILES string of the molecule is CNC.CS(=O)N1CCC2CC2c2cc3c(C=O)c(-c4ccc(F)cc4)oc3cc21. The van der Waals surface area contributed by atoms with Crippen LogP contribution in [-0.4, -0.2) is 37.4 Å². The maximum absolute atomic E-state index is 13.3. The van der Waals surface area contributed by atoms with Crippen LogP contribution in [0.5, 0.6) is 0 Å². The number of carbonyl (C=O) groups excluding carboxylic acids is 1. The summed E-state index contributed by atoms with van der Waals surface area (Å²) in [7, 11) is 2.63. The summed E-state index contributed by atoms with van der Waals surface area (Å²) in [5.74, 6) is 1.19. The topological polar surface area (TPSA) is 62.6 Å². The van der Waals surface area contributed by atoms with Crippen molar-refractivity contribution < 1.29 is 17.8 Å². The molecule has 0 radical (unpaired) electrons. The first-order chi connectivity index (χ1) is 14.5. The summed E-state index contributed by atoms with van der Waals surface area (Å²) >= 11 is 0. The van der Waals surface area contributed by atoms with Gasteiger partial charge in [-0.3, -0.25) is 9.10 Å². The number of halogens is 1. The Morgan fingerprint density at radius 1 is 1.23 bits per heavy atom. The molecule has 0 saturated heterocycles. The average molecular weight is 429 g/mol. The van der Waals surface area contributed by atoms with Crippen molar-refractivity contribution in [1.29, 1.82) is 0 Å². The molecule has 5 nitrogen and oxygen atoms in total. The van der Waals surface area contributed by atoms with Crippen molar-refractivity contribution in [1.82, 2.24) is 5.32 Å². The van der Waals surface area contributed by atoms with Crippen molar-refractivity contribution >= 4 is 33.9 Å². The minimum absolute atomic E-state index is 0.338.